The molecule has 8 heteroatoms. The number of sulfonamides is 1. The summed E-state index contributed by atoms with van der Waals surface area (Å²) < 4.78 is 30.8. The van der Waals surface area contributed by atoms with E-state index in [1.54, 1.807) is 12.3 Å². The molecule has 7 nitrogen and oxygen atoms in total. The van der Waals surface area contributed by atoms with Crippen molar-refractivity contribution in [3.8, 4) is 11.6 Å². The average molecular weight is 389 g/mol. The van der Waals surface area contributed by atoms with Crippen molar-refractivity contribution in [2.45, 2.75) is 32.4 Å². The Kier molecular flexibility index (Phi) is 5.76. The smallest absolute Gasteiger partial charge is 0.238 e. The molecule has 1 aromatic heterocycles. The number of hydrogen-bond acceptors (Lipinski definition) is 5. The van der Waals surface area contributed by atoms with E-state index in [1.807, 2.05) is 37.3 Å². The van der Waals surface area contributed by atoms with E-state index in [4.69, 9.17) is 4.74 Å². The van der Waals surface area contributed by atoms with E-state index in [0.717, 1.165) is 17.4 Å². The Labute approximate surface area is 159 Å². The fourth-order valence-electron chi connectivity index (χ4n) is 3.12. The third-order valence-corrected chi connectivity index (χ3v) is 5.82. The number of hydrogen-bond donors (Lipinski definition) is 1. The van der Waals surface area contributed by atoms with Crippen LogP contribution in [0.3, 0.4) is 0 Å². The molecule has 1 fully saturated rings. The van der Waals surface area contributed by atoms with Crippen LogP contribution in [0, 0.1) is 6.92 Å². The van der Waals surface area contributed by atoms with Crippen molar-refractivity contribution in [3.05, 3.63) is 53.7 Å². The number of aromatic nitrogens is 1. The lowest BCUT2D eigenvalue weighted by molar-refractivity contribution is -0.124. The van der Waals surface area contributed by atoms with Crippen molar-refractivity contribution in [1.82, 2.24) is 14.6 Å². The SMILES string of the molecule is Cc1ccccc1Oc1ncccc1CNC(=O)[C@@H]1CCCN1S(C)(=O)=O. The van der Waals surface area contributed by atoms with Gasteiger partial charge in [0.1, 0.15) is 11.8 Å². The minimum Gasteiger partial charge on any atom is -0.438 e. The fraction of sp³-hybridized carbons (Fsp3) is 0.368. The number of rotatable bonds is 6. The number of pyridine rings is 1. The van der Waals surface area contributed by atoms with Crippen molar-refractivity contribution in [2.75, 3.05) is 12.8 Å². The maximum atomic E-state index is 12.5. The largest absolute Gasteiger partial charge is 0.438 e. The molecule has 144 valence electrons. The van der Waals surface area contributed by atoms with Gasteiger partial charge < -0.3 is 10.1 Å². The predicted molar refractivity (Wildman–Crippen MR) is 102 cm³/mol. The van der Waals surface area contributed by atoms with Gasteiger partial charge in [-0.3, -0.25) is 4.79 Å². The second kappa shape index (κ2) is 8.06. The first-order valence-corrected chi connectivity index (χ1v) is 10.6. The zero-order chi connectivity index (χ0) is 19.4. The number of ether oxygens (including phenoxy) is 1. The second-order valence-corrected chi connectivity index (χ2v) is 8.52. The Bertz CT molecular complexity index is 930. The molecular formula is C19H23N3O4S. The lowest BCUT2D eigenvalue weighted by Gasteiger charge is -2.21. The molecule has 1 amide bonds. The fourth-order valence-corrected chi connectivity index (χ4v) is 4.25. The highest BCUT2D eigenvalue weighted by atomic mass is 32.2. The van der Waals surface area contributed by atoms with Crippen LogP contribution in [-0.2, 0) is 21.4 Å². The van der Waals surface area contributed by atoms with Gasteiger partial charge in [-0.25, -0.2) is 13.4 Å². The highest BCUT2D eigenvalue weighted by Gasteiger charge is 2.36. The molecule has 1 N–H and O–H groups in total. The molecule has 0 saturated carbocycles. The van der Waals surface area contributed by atoms with E-state index in [-0.39, 0.29) is 12.5 Å². The molecule has 2 heterocycles. The first-order valence-electron chi connectivity index (χ1n) is 8.78. The zero-order valence-electron chi connectivity index (χ0n) is 15.4. The van der Waals surface area contributed by atoms with Gasteiger partial charge in [0.15, 0.2) is 0 Å². The van der Waals surface area contributed by atoms with Gasteiger partial charge in [-0.2, -0.15) is 4.31 Å². The molecule has 1 saturated heterocycles. The van der Waals surface area contributed by atoms with Gasteiger partial charge in [0.05, 0.1) is 6.26 Å². The molecule has 2 aromatic rings. The number of amides is 1. The summed E-state index contributed by atoms with van der Waals surface area (Å²) in [7, 11) is -3.40. The number of carbonyl (C=O) groups is 1. The van der Waals surface area contributed by atoms with Crippen molar-refractivity contribution in [2.24, 2.45) is 0 Å². The normalized spacial score (nSPS) is 17.6. The quantitative estimate of drug-likeness (QED) is 0.818. The standard InChI is InChI=1S/C19H23N3O4S/c1-14-7-3-4-10-17(14)26-19-15(8-5-11-20-19)13-21-18(23)16-9-6-12-22(16)27(2,24)25/h3-5,7-8,10-11,16H,6,9,12-13H2,1-2H3,(H,21,23)/t16-/m0/s1. The van der Waals surface area contributed by atoms with Gasteiger partial charge in [0.2, 0.25) is 21.8 Å². The van der Waals surface area contributed by atoms with E-state index in [2.05, 4.69) is 10.3 Å². The Morgan fingerprint density at radius 2 is 2.07 bits per heavy atom. The van der Waals surface area contributed by atoms with Crippen LogP contribution < -0.4 is 10.1 Å². The number of nitrogens with zero attached hydrogens (tertiary/aromatic N) is 2. The summed E-state index contributed by atoms with van der Waals surface area (Å²) in [6.07, 6.45) is 3.97. The molecule has 1 atom stereocenters. The molecule has 0 radical (unpaired) electrons. The number of aryl methyl sites for hydroxylation is 1. The lowest BCUT2D eigenvalue weighted by atomic mass is 10.2. The van der Waals surface area contributed by atoms with E-state index in [9.17, 15) is 13.2 Å². The maximum absolute atomic E-state index is 12.5. The van der Waals surface area contributed by atoms with Crippen LogP contribution in [0.1, 0.15) is 24.0 Å². The third-order valence-electron chi connectivity index (χ3n) is 4.54. The van der Waals surface area contributed by atoms with Crippen molar-refractivity contribution in [3.63, 3.8) is 0 Å². The minimum atomic E-state index is -3.40. The van der Waals surface area contributed by atoms with Crippen LogP contribution in [0.15, 0.2) is 42.6 Å². The van der Waals surface area contributed by atoms with Crippen molar-refractivity contribution < 1.29 is 17.9 Å². The minimum absolute atomic E-state index is 0.210. The summed E-state index contributed by atoms with van der Waals surface area (Å²) in [4.78, 5) is 16.8. The first kappa shape index (κ1) is 19.3. The summed E-state index contributed by atoms with van der Waals surface area (Å²) in [6.45, 7) is 2.53. The second-order valence-electron chi connectivity index (χ2n) is 6.58. The van der Waals surface area contributed by atoms with E-state index >= 15 is 0 Å². The molecule has 0 unspecified atom stereocenters. The van der Waals surface area contributed by atoms with Gasteiger partial charge >= 0.3 is 0 Å². The van der Waals surface area contributed by atoms with Crippen LogP contribution in [0.2, 0.25) is 0 Å². The van der Waals surface area contributed by atoms with Gasteiger partial charge in [-0.05, 0) is 37.5 Å². The van der Waals surface area contributed by atoms with Crippen molar-refractivity contribution in [1.29, 1.82) is 0 Å². The van der Waals surface area contributed by atoms with Crippen LogP contribution in [0.5, 0.6) is 11.6 Å². The van der Waals surface area contributed by atoms with Crippen molar-refractivity contribution >= 4 is 15.9 Å². The number of benzene rings is 1. The van der Waals surface area contributed by atoms with Gasteiger partial charge in [0.25, 0.3) is 0 Å². The number of para-hydroxylation sites is 1. The van der Waals surface area contributed by atoms with Crippen LogP contribution in [-0.4, -0.2) is 42.5 Å². The van der Waals surface area contributed by atoms with E-state index < -0.39 is 16.1 Å². The van der Waals surface area contributed by atoms with Crippen LogP contribution in [0.25, 0.3) is 0 Å². The topological polar surface area (TPSA) is 88.6 Å². The van der Waals surface area contributed by atoms with Gasteiger partial charge in [-0.1, -0.05) is 24.3 Å². The summed E-state index contributed by atoms with van der Waals surface area (Å²) >= 11 is 0. The van der Waals surface area contributed by atoms with Crippen LogP contribution >= 0.6 is 0 Å². The van der Waals surface area contributed by atoms with Gasteiger partial charge in [0, 0.05) is 24.8 Å². The summed E-state index contributed by atoms with van der Waals surface area (Å²) in [6, 6.07) is 10.5. The maximum Gasteiger partial charge on any atom is 0.238 e. The summed E-state index contributed by atoms with van der Waals surface area (Å²) in [5.41, 5.74) is 1.70. The highest BCUT2D eigenvalue weighted by molar-refractivity contribution is 7.88. The Morgan fingerprint density at radius 3 is 2.81 bits per heavy atom. The average Bonchev–Trinajstić information content (AvgIpc) is 3.13. The Morgan fingerprint density at radius 1 is 1.30 bits per heavy atom. The molecule has 1 aliphatic rings. The third kappa shape index (κ3) is 4.64. The predicted octanol–water partition coefficient (Wildman–Crippen LogP) is 2.22. The summed E-state index contributed by atoms with van der Waals surface area (Å²) in [5, 5.41) is 2.82. The zero-order valence-corrected chi connectivity index (χ0v) is 16.2. The highest BCUT2D eigenvalue weighted by Crippen LogP contribution is 2.26. The van der Waals surface area contributed by atoms with Gasteiger partial charge in [-0.15, -0.1) is 0 Å². The molecule has 0 bridgehead atoms. The molecule has 1 aromatic carbocycles. The Balaban J connectivity index is 1.70. The molecular weight excluding hydrogens is 366 g/mol. The first-order chi connectivity index (χ1) is 12.9. The van der Waals surface area contributed by atoms with E-state index in [0.29, 0.717) is 31.0 Å². The number of nitrogens with one attached hydrogen (secondary N) is 1. The lowest BCUT2D eigenvalue weighted by Crippen LogP contribution is -2.45. The van der Waals surface area contributed by atoms with E-state index in [1.165, 1.54) is 4.31 Å². The molecule has 0 spiro atoms. The monoisotopic (exact) mass is 389 g/mol. The molecule has 0 aliphatic carbocycles. The van der Waals surface area contributed by atoms with Crippen LogP contribution in [0.4, 0.5) is 0 Å². The molecule has 27 heavy (non-hydrogen) atoms. The Hall–Kier alpha value is -2.45. The molecule has 3 rings (SSSR count). The molecule has 1 aliphatic heterocycles. The number of carbonyl (C=O) groups excluding carboxylic acids is 1. The summed E-state index contributed by atoms with van der Waals surface area (Å²) in [5.74, 6) is 0.810.